The van der Waals surface area contributed by atoms with Gasteiger partial charge < -0.3 is 0 Å². The zero-order valence-electron chi connectivity index (χ0n) is 8.88. The van der Waals surface area contributed by atoms with Gasteiger partial charge in [-0.05, 0) is 0 Å². The minimum absolute atomic E-state index is 0.0583. The van der Waals surface area contributed by atoms with E-state index in [1.165, 1.54) is 0 Å². The second kappa shape index (κ2) is 3.70. The van der Waals surface area contributed by atoms with Gasteiger partial charge in [0.25, 0.3) is 0 Å². The van der Waals surface area contributed by atoms with Gasteiger partial charge in [0.1, 0.15) is 5.82 Å². The maximum absolute atomic E-state index is 4.42. The molecule has 1 rings (SSSR count). The third-order valence-corrected chi connectivity index (χ3v) is 2.38. The molecule has 0 aromatic carbocycles. The molecule has 1 N–H and O–H groups in total. The first kappa shape index (κ1) is 10.6. The van der Waals surface area contributed by atoms with Crippen molar-refractivity contribution in [3.05, 3.63) is 5.82 Å². The van der Waals surface area contributed by atoms with Gasteiger partial charge in [0.2, 0.25) is 5.16 Å². The van der Waals surface area contributed by atoms with Crippen molar-refractivity contribution in [2.24, 2.45) is 0 Å². The second-order valence-corrected chi connectivity index (χ2v) is 5.93. The number of nitrogens with zero attached hydrogens (tertiary/aromatic N) is 2. The Morgan fingerprint density at radius 3 is 2.31 bits per heavy atom. The highest BCUT2D eigenvalue weighted by Crippen LogP contribution is 2.23. The number of aromatic amines is 1. The molecule has 0 fully saturated rings. The van der Waals surface area contributed by atoms with Gasteiger partial charge in [-0.3, -0.25) is 5.10 Å². The SMILES string of the molecule is CC(C)Sc1n[nH]c(C(C)(C)C)n1. The summed E-state index contributed by atoms with van der Waals surface area (Å²) in [7, 11) is 0. The molecule has 0 aliphatic heterocycles. The van der Waals surface area contributed by atoms with E-state index < -0.39 is 0 Å². The van der Waals surface area contributed by atoms with Gasteiger partial charge in [-0.15, -0.1) is 5.10 Å². The van der Waals surface area contributed by atoms with Crippen LogP contribution in [0.15, 0.2) is 5.16 Å². The van der Waals surface area contributed by atoms with Crippen LogP contribution in [0.25, 0.3) is 0 Å². The molecule has 0 bridgehead atoms. The topological polar surface area (TPSA) is 41.6 Å². The summed E-state index contributed by atoms with van der Waals surface area (Å²) in [5.74, 6) is 0.954. The maximum atomic E-state index is 4.42. The van der Waals surface area contributed by atoms with Crippen LogP contribution < -0.4 is 0 Å². The standard InChI is InChI=1S/C9H17N3S/c1-6(2)13-8-10-7(11-12-8)9(3,4)5/h6H,1-5H3,(H,10,11,12). The Kier molecular flexibility index (Phi) is 3.01. The summed E-state index contributed by atoms with van der Waals surface area (Å²) in [5.41, 5.74) is 0.0583. The zero-order valence-corrected chi connectivity index (χ0v) is 9.70. The van der Waals surface area contributed by atoms with Crippen LogP contribution in [0.4, 0.5) is 0 Å². The number of thioether (sulfide) groups is 1. The average molecular weight is 199 g/mol. The smallest absolute Gasteiger partial charge is 0.208 e. The van der Waals surface area contributed by atoms with E-state index in [0.29, 0.717) is 5.25 Å². The number of hydrogen-bond donors (Lipinski definition) is 1. The van der Waals surface area contributed by atoms with Crippen LogP contribution in [0, 0.1) is 0 Å². The van der Waals surface area contributed by atoms with Gasteiger partial charge in [-0.25, -0.2) is 4.98 Å². The summed E-state index contributed by atoms with van der Waals surface area (Å²) in [6.07, 6.45) is 0. The molecule has 4 heteroatoms. The van der Waals surface area contributed by atoms with Crippen molar-refractivity contribution in [2.75, 3.05) is 0 Å². The Morgan fingerprint density at radius 1 is 1.31 bits per heavy atom. The molecule has 1 heterocycles. The first-order chi connectivity index (χ1) is 5.89. The molecule has 0 spiro atoms. The molecule has 74 valence electrons. The maximum Gasteiger partial charge on any atom is 0.208 e. The number of aromatic nitrogens is 3. The third kappa shape index (κ3) is 3.03. The summed E-state index contributed by atoms with van der Waals surface area (Å²) < 4.78 is 0. The molecule has 0 unspecified atom stereocenters. The minimum Gasteiger partial charge on any atom is -0.262 e. The van der Waals surface area contributed by atoms with Crippen LogP contribution >= 0.6 is 11.8 Å². The molecule has 0 aliphatic carbocycles. The van der Waals surface area contributed by atoms with Crippen molar-refractivity contribution in [3.63, 3.8) is 0 Å². The molecule has 0 saturated carbocycles. The summed E-state index contributed by atoms with van der Waals surface area (Å²) in [5, 5.41) is 8.50. The lowest BCUT2D eigenvalue weighted by atomic mass is 9.96. The van der Waals surface area contributed by atoms with E-state index in [4.69, 9.17) is 0 Å². The van der Waals surface area contributed by atoms with Gasteiger partial charge in [-0.1, -0.05) is 46.4 Å². The Bertz CT molecular complexity index is 273. The summed E-state index contributed by atoms with van der Waals surface area (Å²) in [4.78, 5) is 4.42. The second-order valence-electron chi connectivity index (χ2n) is 4.38. The molecular formula is C9H17N3S. The first-order valence-corrected chi connectivity index (χ1v) is 5.37. The Labute approximate surface area is 83.7 Å². The fourth-order valence-electron chi connectivity index (χ4n) is 0.845. The van der Waals surface area contributed by atoms with Crippen molar-refractivity contribution in [1.82, 2.24) is 15.2 Å². The molecule has 0 atom stereocenters. The monoisotopic (exact) mass is 199 g/mol. The fraction of sp³-hybridized carbons (Fsp3) is 0.778. The largest absolute Gasteiger partial charge is 0.262 e. The van der Waals surface area contributed by atoms with Crippen molar-refractivity contribution < 1.29 is 0 Å². The molecule has 3 nitrogen and oxygen atoms in total. The highest BCUT2D eigenvalue weighted by Gasteiger charge is 2.18. The van der Waals surface area contributed by atoms with Gasteiger partial charge in [0, 0.05) is 10.7 Å². The molecule has 1 aromatic heterocycles. The first-order valence-electron chi connectivity index (χ1n) is 4.49. The lowest BCUT2D eigenvalue weighted by molar-refractivity contribution is 0.547. The van der Waals surface area contributed by atoms with E-state index >= 15 is 0 Å². The van der Waals surface area contributed by atoms with Gasteiger partial charge in [-0.2, -0.15) is 0 Å². The predicted octanol–water partition coefficient (Wildman–Crippen LogP) is 2.60. The average Bonchev–Trinajstić information content (AvgIpc) is 2.32. The molecule has 0 aliphatic rings. The number of nitrogens with one attached hydrogen (secondary N) is 1. The Morgan fingerprint density at radius 2 is 1.92 bits per heavy atom. The van der Waals surface area contributed by atoms with Crippen molar-refractivity contribution in [3.8, 4) is 0 Å². The zero-order chi connectivity index (χ0) is 10.1. The molecule has 0 saturated heterocycles. The molecule has 0 radical (unpaired) electrons. The van der Waals surface area contributed by atoms with E-state index in [-0.39, 0.29) is 5.41 Å². The number of rotatable bonds is 2. The Hall–Kier alpha value is -0.510. The van der Waals surface area contributed by atoms with Crippen LogP contribution in [0.3, 0.4) is 0 Å². The van der Waals surface area contributed by atoms with Gasteiger partial charge >= 0.3 is 0 Å². The summed E-state index contributed by atoms with van der Waals surface area (Å²) >= 11 is 1.68. The predicted molar refractivity (Wildman–Crippen MR) is 56.1 cm³/mol. The lowest BCUT2D eigenvalue weighted by Crippen LogP contribution is -2.13. The van der Waals surface area contributed by atoms with Crippen LogP contribution in [-0.4, -0.2) is 20.4 Å². The molecule has 13 heavy (non-hydrogen) atoms. The van der Waals surface area contributed by atoms with E-state index in [2.05, 4.69) is 49.8 Å². The van der Waals surface area contributed by atoms with Gasteiger partial charge in [0.05, 0.1) is 0 Å². The van der Waals surface area contributed by atoms with Crippen LogP contribution in [0.5, 0.6) is 0 Å². The highest BCUT2D eigenvalue weighted by molar-refractivity contribution is 7.99. The van der Waals surface area contributed by atoms with Crippen molar-refractivity contribution >= 4 is 11.8 Å². The van der Waals surface area contributed by atoms with Crippen molar-refractivity contribution in [2.45, 2.75) is 50.4 Å². The minimum atomic E-state index is 0.0583. The van der Waals surface area contributed by atoms with Crippen LogP contribution in [-0.2, 0) is 5.41 Å². The fourth-order valence-corrected chi connectivity index (χ4v) is 1.51. The molecular weight excluding hydrogens is 182 g/mol. The summed E-state index contributed by atoms with van der Waals surface area (Å²) in [6, 6.07) is 0. The Balaban J connectivity index is 2.75. The lowest BCUT2D eigenvalue weighted by Gasteiger charge is -2.12. The quantitative estimate of drug-likeness (QED) is 0.744. The number of H-pyrrole nitrogens is 1. The third-order valence-electron chi connectivity index (χ3n) is 1.52. The highest BCUT2D eigenvalue weighted by atomic mass is 32.2. The van der Waals surface area contributed by atoms with Gasteiger partial charge in [0.15, 0.2) is 0 Å². The number of hydrogen-bond acceptors (Lipinski definition) is 3. The van der Waals surface area contributed by atoms with E-state index in [0.717, 1.165) is 11.0 Å². The van der Waals surface area contributed by atoms with Crippen LogP contribution in [0.1, 0.15) is 40.4 Å². The van der Waals surface area contributed by atoms with E-state index in [1.807, 2.05) is 0 Å². The van der Waals surface area contributed by atoms with E-state index in [1.54, 1.807) is 11.8 Å². The van der Waals surface area contributed by atoms with Crippen LogP contribution in [0.2, 0.25) is 0 Å². The molecule has 0 amide bonds. The summed E-state index contributed by atoms with van der Waals surface area (Å²) in [6.45, 7) is 10.6. The molecule has 1 aromatic rings. The normalized spacial score (nSPS) is 12.5. The van der Waals surface area contributed by atoms with E-state index in [9.17, 15) is 0 Å². The van der Waals surface area contributed by atoms with Crippen molar-refractivity contribution in [1.29, 1.82) is 0 Å².